The summed E-state index contributed by atoms with van der Waals surface area (Å²) in [5.41, 5.74) is 0. The van der Waals surface area contributed by atoms with E-state index in [-0.39, 0.29) is 9.70 Å². The second kappa shape index (κ2) is 8.46. The third-order valence-electron chi connectivity index (χ3n) is 3.47. The van der Waals surface area contributed by atoms with Gasteiger partial charge in [-0.25, -0.2) is 0 Å². The zero-order valence-corrected chi connectivity index (χ0v) is 21.5. The summed E-state index contributed by atoms with van der Waals surface area (Å²) in [6, 6.07) is 0. The Hall–Kier alpha value is 3.36. The molecule has 114 valence electrons. The van der Waals surface area contributed by atoms with Crippen molar-refractivity contribution < 1.29 is 0 Å². The minimum atomic E-state index is -0.368. The van der Waals surface area contributed by atoms with Crippen LogP contribution in [0.15, 0.2) is 0 Å². The van der Waals surface area contributed by atoms with Crippen LogP contribution in [0.2, 0.25) is 0 Å². The average molecular weight is 721 g/mol. The molecule has 0 saturated heterocycles. The largest absolute Gasteiger partial charge is 0.131 e. The summed E-state index contributed by atoms with van der Waals surface area (Å²) in [6.07, 6.45) is 9.94. The van der Waals surface area contributed by atoms with Gasteiger partial charge in [-0.05, 0) is 12.8 Å². The molecule has 0 radical (unpaired) electrons. The predicted molar refractivity (Wildman–Crippen MR) is 111 cm³/mol. The molecule has 1 aliphatic rings. The van der Waals surface area contributed by atoms with E-state index in [0.717, 1.165) is 12.8 Å². The fourth-order valence-corrected chi connectivity index (χ4v) is 7.77. The molecule has 19 heavy (non-hydrogen) atoms. The Balaban J connectivity index is 2.96. The number of alkyl halides is 7. The Labute approximate surface area is 175 Å². The van der Waals surface area contributed by atoms with Crippen LogP contribution >= 0.6 is 112 Å². The summed E-state index contributed by atoms with van der Waals surface area (Å²) < 4.78 is -0.905. The van der Waals surface area contributed by atoms with Gasteiger partial charge in [-0.2, -0.15) is 0 Å². The van der Waals surface area contributed by atoms with Gasteiger partial charge in [0.15, 0.2) is 0 Å². The topological polar surface area (TPSA) is 0 Å². The van der Waals surface area contributed by atoms with Gasteiger partial charge in [-0.1, -0.05) is 150 Å². The van der Waals surface area contributed by atoms with Crippen molar-refractivity contribution in [3.63, 3.8) is 0 Å². The van der Waals surface area contributed by atoms with E-state index >= 15 is 0 Å². The molecular formula is C12H17Br7. The van der Waals surface area contributed by atoms with Crippen molar-refractivity contribution in [1.29, 1.82) is 0 Å². The quantitative estimate of drug-likeness (QED) is 0.221. The highest BCUT2D eigenvalue weighted by atomic mass is 79.9. The van der Waals surface area contributed by atoms with Crippen LogP contribution in [0, 0.1) is 0 Å². The van der Waals surface area contributed by atoms with E-state index in [9.17, 15) is 0 Å². The second-order valence-electron chi connectivity index (χ2n) is 5.03. The van der Waals surface area contributed by atoms with Crippen LogP contribution in [-0.2, 0) is 0 Å². The van der Waals surface area contributed by atoms with Crippen LogP contribution in [-0.4, -0.2) is 14.5 Å². The molecule has 0 spiro atoms. The summed E-state index contributed by atoms with van der Waals surface area (Å²) in [6.45, 7) is 0. The number of hydrogen-bond acceptors (Lipinski definition) is 0. The zero-order valence-electron chi connectivity index (χ0n) is 10.4. The Morgan fingerprint density at radius 3 is 1.74 bits per heavy atom. The van der Waals surface area contributed by atoms with Crippen LogP contribution in [0.25, 0.3) is 0 Å². The lowest BCUT2D eigenvalue weighted by atomic mass is 10.0. The molecule has 1 saturated carbocycles. The smallest absolute Gasteiger partial charge is 0.0865 e. The molecule has 0 heterocycles. The summed E-state index contributed by atoms with van der Waals surface area (Å²) in [4.78, 5) is 0.313. The van der Waals surface area contributed by atoms with Crippen molar-refractivity contribution in [1.82, 2.24) is 0 Å². The second-order valence-corrected chi connectivity index (χ2v) is 16.9. The third kappa shape index (κ3) is 5.17. The SMILES string of the molecule is BrC1CCCCCCCCC(Br)(Br)C(Br)(Br)C1(Br)Br. The monoisotopic (exact) mass is 714 g/mol. The van der Waals surface area contributed by atoms with Crippen LogP contribution in [0.1, 0.15) is 51.4 Å². The van der Waals surface area contributed by atoms with E-state index < -0.39 is 0 Å². The van der Waals surface area contributed by atoms with E-state index in [1.54, 1.807) is 0 Å². The van der Waals surface area contributed by atoms with Crippen LogP contribution < -0.4 is 0 Å². The van der Waals surface area contributed by atoms with Crippen molar-refractivity contribution in [3.8, 4) is 0 Å². The molecule has 1 atom stereocenters. The number of halogens is 7. The summed E-state index contributed by atoms with van der Waals surface area (Å²) in [5, 5.41) is 0. The van der Waals surface area contributed by atoms with Gasteiger partial charge < -0.3 is 0 Å². The first-order valence-electron chi connectivity index (χ1n) is 6.40. The molecule has 0 N–H and O–H groups in total. The third-order valence-corrected chi connectivity index (χ3v) is 17.0. The van der Waals surface area contributed by atoms with Gasteiger partial charge in [0.2, 0.25) is 0 Å². The lowest BCUT2D eigenvalue weighted by Gasteiger charge is -2.46. The van der Waals surface area contributed by atoms with E-state index in [1.807, 2.05) is 0 Å². The molecule has 7 heteroatoms. The van der Waals surface area contributed by atoms with E-state index in [0.29, 0.717) is 4.83 Å². The Morgan fingerprint density at radius 1 is 0.684 bits per heavy atom. The fraction of sp³-hybridized carbons (Fsp3) is 1.00. The Bertz CT molecular complexity index is 288. The standard InChI is InChI=1S/C12H17Br7/c13-9-7-5-3-1-2-4-6-8-10(14,15)12(18,19)11(9,16)17/h9H,1-8H2. The molecule has 0 aromatic carbocycles. The molecule has 1 aliphatic carbocycles. The number of hydrogen-bond donors (Lipinski definition) is 0. The van der Waals surface area contributed by atoms with Gasteiger partial charge in [-0.15, -0.1) is 0 Å². The molecule has 0 aromatic rings. The van der Waals surface area contributed by atoms with Gasteiger partial charge in [-0.3, -0.25) is 0 Å². The minimum absolute atomic E-state index is 0.231. The van der Waals surface area contributed by atoms with Gasteiger partial charge in [0, 0.05) is 4.83 Å². The van der Waals surface area contributed by atoms with Crippen molar-refractivity contribution in [2.45, 2.75) is 65.9 Å². The highest BCUT2D eigenvalue weighted by molar-refractivity contribution is 9.33. The van der Waals surface area contributed by atoms with Crippen LogP contribution in [0.5, 0.6) is 0 Å². The van der Waals surface area contributed by atoms with Gasteiger partial charge in [0.1, 0.15) is 9.70 Å². The van der Waals surface area contributed by atoms with Crippen LogP contribution in [0.3, 0.4) is 0 Å². The maximum Gasteiger partial charge on any atom is 0.131 e. The first-order chi connectivity index (χ1) is 8.63. The first-order valence-corrected chi connectivity index (χ1v) is 12.1. The summed E-state index contributed by atoms with van der Waals surface area (Å²) in [5.74, 6) is 0. The first kappa shape index (κ1) is 20.4. The summed E-state index contributed by atoms with van der Waals surface area (Å²) in [7, 11) is 0. The predicted octanol–water partition coefficient (Wildman–Crippen LogP) is 8.34. The van der Waals surface area contributed by atoms with E-state index in [2.05, 4.69) is 112 Å². The van der Waals surface area contributed by atoms with E-state index in [1.165, 1.54) is 38.5 Å². The lowest BCUT2D eigenvalue weighted by molar-refractivity contribution is 0.510. The molecule has 0 aliphatic heterocycles. The fourth-order valence-electron chi connectivity index (χ4n) is 2.16. The molecular weight excluding hydrogens is 703 g/mol. The highest BCUT2D eigenvalue weighted by Crippen LogP contribution is 2.64. The van der Waals surface area contributed by atoms with Crippen LogP contribution in [0.4, 0.5) is 0 Å². The van der Waals surface area contributed by atoms with Gasteiger partial charge >= 0.3 is 0 Å². The maximum absolute atomic E-state index is 3.86. The Morgan fingerprint density at radius 2 is 1.16 bits per heavy atom. The van der Waals surface area contributed by atoms with Crippen molar-refractivity contribution >= 4 is 112 Å². The zero-order chi connectivity index (χ0) is 14.7. The summed E-state index contributed by atoms with van der Waals surface area (Å²) >= 11 is 27.0. The molecule has 1 rings (SSSR count). The minimum Gasteiger partial charge on any atom is -0.0865 e. The normalized spacial score (nSPS) is 32.1. The number of rotatable bonds is 0. The molecule has 0 nitrogen and oxygen atoms in total. The van der Waals surface area contributed by atoms with Gasteiger partial charge in [0.25, 0.3) is 0 Å². The molecule has 1 fully saturated rings. The molecule has 1 unspecified atom stereocenters. The molecule has 0 bridgehead atoms. The van der Waals surface area contributed by atoms with Crippen molar-refractivity contribution in [2.75, 3.05) is 0 Å². The Kier molecular flexibility index (Phi) is 9.08. The average Bonchev–Trinajstić information content (AvgIpc) is 2.30. The maximum atomic E-state index is 3.86. The highest BCUT2D eigenvalue weighted by Gasteiger charge is 2.59. The van der Waals surface area contributed by atoms with Crippen molar-refractivity contribution in [3.05, 3.63) is 0 Å². The van der Waals surface area contributed by atoms with Gasteiger partial charge in [0.05, 0.1) is 0 Å². The van der Waals surface area contributed by atoms with Crippen molar-refractivity contribution in [2.24, 2.45) is 0 Å². The molecule has 0 aromatic heterocycles. The van der Waals surface area contributed by atoms with E-state index in [4.69, 9.17) is 0 Å². The lowest BCUT2D eigenvalue weighted by Crippen LogP contribution is -2.52. The molecule has 0 amide bonds.